The molecule has 1 N–H and O–H groups in total. The fourth-order valence-electron chi connectivity index (χ4n) is 1.32. The van der Waals surface area contributed by atoms with Crippen molar-refractivity contribution in [3.63, 3.8) is 0 Å². The Morgan fingerprint density at radius 3 is 2.76 bits per heavy atom. The molecule has 0 unspecified atom stereocenters. The van der Waals surface area contributed by atoms with Crippen molar-refractivity contribution in [3.05, 3.63) is 35.6 Å². The number of thioether (sulfide) groups is 1. The zero-order valence-electron chi connectivity index (χ0n) is 9.43. The van der Waals surface area contributed by atoms with Gasteiger partial charge in [0.1, 0.15) is 6.33 Å². The molecule has 0 aliphatic carbocycles. The lowest BCUT2D eigenvalue weighted by molar-refractivity contribution is 0.685. The molecule has 2 aromatic rings. The first-order valence-corrected chi connectivity index (χ1v) is 6.58. The van der Waals surface area contributed by atoms with Gasteiger partial charge in [0.2, 0.25) is 0 Å². The molecule has 4 nitrogen and oxygen atoms in total. The van der Waals surface area contributed by atoms with Crippen LogP contribution in [-0.2, 0) is 7.05 Å². The lowest BCUT2D eigenvalue weighted by Crippen LogP contribution is -2.04. The Labute approximate surface area is 109 Å². The van der Waals surface area contributed by atoms with Gasteiger partial charge in [0.25, 0.3) is 0 Å². The number of hydrogen-bond donors (Lipinski definition) is 1. The Balaban J connectivity index is 1.73. The zero-order valence-corrected chi connectivity index (χ0v) is 11.0. The van der Waals surface area contributed by atoms with Crippen molar-refractivity contribution in [2.75, 3.05) is 17.6 Å². The van der Waals surface area contributed by atoms with Gasteiger partial charge in [-0.15, -0.1) is 0 Å². The number of rotatable bonds is 5. The van der Waals surface area contributed by atoms with Crippen LogP contribution in [0.3, 0.4) is 0 Å². The number of aryl methyl sites for hydroxylation is 1. The molecule has 17 heavy (non-hydrogen) atoms. The maximum Gasteiger partial charge on any atom is 0.185 e. The van der Waals surface area contributed by atoms with Crippen LogP contribution in [0.15, 0.2) is 35.7 Å². The van der Waals surface area contributed by atoms with Crippen LogP contribution in [0.25, 0.3) is 0 Å². The molecule has 1 aromatic carbocycles. The summed E-state index contributed by atoms with van der Waals surface area (Å²) in [5.41, 5.74) is 1.08. The molecular weight excluding hydrogens is 256 g/mol. The number of halogens is 1. The second-order valence-corrected chi connectivity index (χ2v) is 4.95. The number of benzene rings is 1. The van der Waals surface area contributed by atoms with Gasteiger partial charge in [-0.2, -0.15) is 5.10 Å². The van der Waals surface area contributed by atoms with Gasteiger partial charge >= 0.3 is 0 Å². The van der Waals surface area contributed by atoms with Gasteiger partial charge in [-0.25, -0.2) is 9.67 Å². The van der Waals surface area contributed by atoms with E-state index < -0.39 is 0 Å². The van der Waals surface area contributed by atoms with Gasteiger partial charge < -0.3 is 5.32 Å². The van der Waals surface area contributed by atoms with E-state index in [0.29, 0.717) is 0 Å². The highest BCUT2D eigenvalue weighted by Crippen LogP contribution is 2.15. The van der Waals surface area contributed by atoms with Gasteiger partial charge in [-0.05, 0) is 24.3 Å². The van der Waals surface area contributed by atoms with Crippen molar-refractivity contribution in [3.8, 4) is 0 Å². The van der Waals surface area contributed by atoms with E-state index in [2.05, 4.69) is 15.4 Å². The van der Waals surface area contributed by atoms with Gasteiger partial charge in [0.15, 0.2) is 5.16 Å². The van der Waals surface area contributed by atoms with Gasteiger partial charge in [0, 0.05) is 30.1 Å². The van der Waals surface area contributed by atoms with Crippen molar-refractivity contribution in [1.29, 1.82) is 0 Å². The molecule has 0 spiro atoms. The highest BCUT2D eigenvalue weighted by Gasteiger charge is 2.00. The van der Waals surface area contributed by atoms with E-state index >= 15 is 0 Å². The minimum atomic E-state index is 0.754. The normalized spacial score (nSPS) is 10.5. The molecular formula is C11H13ClN4S. The molecule has 6 heteroatoms. The summed E-state index contributed by atoms with van der Waals surface area (Å²) >= 11 is 7.48. The Morgan fingerprint density at radius 2 is 2.12 bits per heavy atom. The molecule has 0 saturated heterocycles. The smallest absolute Gasteiger partial charge is 0.185 e. The van der Waals surface area contributed by atoms with Crippen LogP contribution >= 0.6 is 23.4 Å². The summed E-state index contributed by atoms with van der Waals surface area (Å²) < 4.78 is 1.77. The van der Waals surface area contributed by atoms with Crippen molar-refractivity contribution < 1.29 is 0 Å². The fraction of sp³-hybridized carbons (Fsp3) is 0.273. The lowest BCUT2D eigenvalue weighted by atomic mass is 10.3. The fourth-order valence-corrected chi connectivity index (χ4v) is 2.19. The highest BCUT2D eigenvalue weighted by molar-refractivity contribution is 7.99. The number of nitrogens with one attached hydrogen (secondary N) is 1. The maximum atomic E-state index is 5.81. The second-order valence-electron chi connectivity index (χ2n) is 3.45. The predicted molar refractivity (Wildman–Crippen MR) is 71.7 cm³/mol. The third kappa shape index (κ3) is 3.64. The lowest BCUT2D eigenvalue weighted by Gasteiger charge is -2.05. The Morgan fingerprint density at radius 1 is 1.35 bits per heavy atom. The molecule has 0 aliphatic heterocycles. The molecule has 0 fully saturated rings. The van der Waals surface area contributed by atoms with E-state index in [0.717, 1.165) is 28.2 Å². The van der Waals surface area contributed by atoms with Gasteiger partial charge in [-0.1, -0.05) is 23.4 Å². The Bertz CT molecular complexity index is 469. The number of anilines is 1. The topological polar surface area (TPSA) is 42.7 Å². The largest absolute Gasteiger partial charge is 0.384 e. The molecule has 0 amide bonds. The standard InChI is InChI=1S/C11H13ClN4S/c1-16-11(14-8-15-16)17-7-6-13-10-4-2-9(12)3-5-10/h2-5,8,13H,6-7H2,1H3. The molecule has 0 radical (unpaired) electrons. The van der Waals surface area contributed by atoms with Crippen LogP contribution in [0.4, 0.5) is 5.69 Å². The molecule has 2 rings (SSSR count). The summed E-state index contributed by atoms with van der Waals surface area (Å²) in [5, 5.41) is 9.02. The first kappa shape index (κ1) is 12.3. The van der Waals surface area contributed by atoms with Crippen molar-refractivity contribution >= 4 is 29.1 Å². The van der Waals surface area contributed by atoms with Crippen molar-refractivity contribution in [2.24, 2.45) is 7.05 Å². The van der Waals surface area contributed by atoms with Crippen LogP contribution in [0.1, 0.15) is 0 Å². The average Bonchev–Trinajstić information content (AvgIpc) is 2.73. The van der Waals surface area contributed by atoms with Crippen molar-refractivity contribution in [2.45, 2.75) is 5.16 Å². The van der Waals surface area contributed by atoms with Gasteiger partial charge in [0.05, 0.1) is 0 Å². The van der Waals surface area contributed by atoms with Gasteiger partial charge in [-0.3, -0.25) is 0 Å². The van der Waals surface area contributed by atoms with Crippen LogP contribution in [-0.4, -0.2) is 27.1 Å². The zero-order chi connectivity index (χ0) is 12.1. The third-order valence-corrected chi connectivity index (χ3v) is 3.46. The van der Waals surface area contributed by atoms with Crippen LogP contribution in [0.5, 0.6) is 0 Å². The minimum absolute atomic E-state index is 0.754. The van der Waals surface area contributed by atoms with E-state index in [1.54, 1.807) is 22.8 Å². The molecule has 0 atom stereocenters. The maximum absolute atomic E-state index is 5.81. The van der Waals surface area contributed by atoms with E-state index in [9.17, 15) is 0 Å². The molecule has 0 bridgehead atoms. The van der Waals surface area contributed by atoms with E-state index in [-0.39, 0.29) is 0 Å². The number of nitrogens with zero attached hydrogens (tertiary/aromatic N) is 3. The highest BCUT2D eigenvalue weighted by atomic mass is 35.5. The summed E-state index contributed by atoms with van der Waals surface area (Å²) in [5.74, 6) is 0.940. The molecule has 0 saturated carbocycles. The number of hydrogen-bond acceptors (Lipinski definition) is 4. The van der Waals surface area contributed by atoms with E-state index in [4.69, 9.17) is 11.6 Å². The summed E-state index contributed by atoms with van der Waals surface area (Å²) in [6, 6.07) is 7.68. The van der Waals surface area contributed by atoms with Crippen LogP contribution < -0.4 is 5.32 Å². The Hall–Kier alpha value is -1.20. The summed E-state index contributed by atoms with van der Waals surface area (Å²) in [6.07, 6.45) is 1.56. The monoisotopic (exact) mass is 268 g/mol. The first-order valence-electron chi connectivity index (χ1n) is 5.22. The average molecular weight is 269 g/mol. The Kier molecular flexibility index (Phi) is 4.28. The minimum Gasteiger partial charge on any atom is -0.384 e. The first-order chi connectivity index (χ1) is 8.25. The summed E-state index contributed by atoms with van der Waals surface area (Å²) in [6.45, 7) is 0.874. The molecule has 0 aliphatic rings. The molecule has 90 valence electrons. The second kappa shape index (κ2) is 5.93. The van der Waals surface area contributed by atoms with E-state index in [1.165, 1.54) is 0 Å². The van der Waals surface area contributed by atoms with E-state index in [1.807, 2.05) is 31.3 Å². The van der Waals surface area contributed by atoms with Crippen LogP contribution in [0, 0.1) is 0 Å². The van der Waals surface area contributed by atoms with Crippen molar-refractivity contribution in [1.82, 2.24) is 14.8 Å². The number of aromatic nitrogens is 3. The SMILES string of the molecule is Cn1ncnc1SCCNc1ccc(Cl)cc1. The summed E-state index contributed by atoms with van der Waals surface area (Å²) in [4.78, 5) is 4.14. The molecule has 1 aromatic heterocycles. The summed E-state index contributed by atoms with van der Waals surface area (Å²) in [7, 11) is 1.89. The third-order valence-electron chi connectivity index (χ3n) is 2.18. The quantitative estimate of drug-likeness (QED) is 0.669. The molecule has 1 heterocycles. The van der Waals surface area contributed by atoms with Crippen LogP contribution in [0.2, 0.25) is 5.02 Å². The predicted octanol–water partition coefficient (Wildman–Crippen LogP) is 2.67.